The minimum Gasteiger partial charge on any atom is -0.496 e. The number of aryl methyl sites for hydroxylation is 2. The lowest BCUT2D eigenvalue weighted by Gasteiger charge is -2.03. The number of nitrogens with two attached hydrogens (primary N) is 2. The van der Waals surface area contributed by atoms with E-state index in [9.17, 15) is 0 Å². The van der Waals surface area contributed by atoms with Crippen molar-refractivity contribution in [2.24, 2.45) is 16.8 Å². The Bertz CT molecular complexity index is 840. The zero-order valence-electron chi connectivity index (χ0n) is 14.0. The normalized spacial score (nSPS) is 10.9. The molecule has 3 rings (SSSR count). The van der Waals surface area contributed by atoms with Gasteiger partial charge in [-0.25, -0.2) is 5.84 Å². The summed E-state index contributed by atoms with van der Waals surface area (Å²) in [4.78, 5) is 0. The third-order valence-electron chi connectivity index (χ3n) is 3.60. The average Bonchev–Trinajstić information content (AvgIpc) is 2.98. The second-order valence-corrected chi connectivity index (χ2v) is 5.17. The molecule has 0 radical (unpaired) electrons. The maximum atomic E-state index is 5.29. The van der Waals surface area contributed by atoms with Gasteiger partial charge in [-0.3, -0.25) is 5.10 Å². The van der Waals surface area contributed by atoms with Gasteiger partial charge in [0.05, 0.1) is 12.6 Å². The van der Waals surface area contributed by atoms with Crippen molar-refractivity contribution < 1.29 is 4.74 Å². The molecular formula is C17H22N6O. The molecule has 126 valence electrons. The predicted octanol–water partition coefficient (Wildman–Crippen LogP) is 1.96. The Morgan fingerprint density at radius 3 is 2.54 bits per heavy atom. The molecule has 6 N–H and O–H groups in total. The van der Waals surface area contributed by atoms with Crippen LogP contribution >= 0.6 is 0 Å². The molecular weight excluding hydrogens is 304 g/mol. The number of rotatable bonds is 2. The maximum Gasteiger partial charge on any atom is 0.166 e. The minimum absolute atomic E-state index is 0.442. The average molecular weight is 326 g/mol. The number of nitrogens with zero attached hydrogens (tertiary/aromatic N) is 2. The summed E-state index contributed by atoms with van der Waals surface area (Å²) in [6.45, 7) is 3.98. The van der Waals surface area contributed by atoms with Gasteiger partial charge in [0, 0.05) is 16.6 Å². The smallest absolute Gasteiger partial charge is 0.166 e. The van der Waals surface area contributed by atoms with E-state index in [1.165, 1.54) is 5.56 Å². The van der Waals surface area contributed by atoms with Crippen molar-refractivity contribution in [3.8, 4) is 5.75 Å². The monoisotopic (exact) mass is 326 g/mol. The fourth-order valence-electron chi connectivity index (χ4n) is 2.27. The second-order valence-electron chi connectivity index (χ2n) is 5.17. The van der Waals surface area contributed by atoms with E-state index in [0.717, 1.165) is 27.9 Å². The Morgan fingerprint density at radius 1 is 1.21 bits per heavy atom. The van der Waals surface area contributed by atoms with E-state index < -0.39 is 0 Å². The Morgan fingerprint density at radius 2 is 1.96 bits per heavy atom. The number of benzene rings is 2. The Kier molecular flexibility index (Phi) is 5.75. The zero-order valence-corrected chi connectivity index (χ0v) is 14.0. The van der Waals surface area contributed by atoms with Crippen LogP contribution in [0.2, 0.25) is 0 Å². The molecule has 0 aliphatic rings. The molecule has 3 aromatic rings. The number of amidine groups is 1. The van der Waals surface area contributed by atoms with Gasteiger partial charge in [0.1, 0.15) is 5.75 Å². The number of H-pyrrole nitrogens is 1. The van der Waals surface area contributed by atoms with Gasteiger partial charge in [-0.05, 0) is 43.7 Å². The highest BCUT2D eigenvalue weighted by Crippen LogP contribution is 2.17. The number of aromatic nitrogens is 2. The van der Waals surface area contributed by atoms with Crippen LogP contribution in [0.15, 0.2) is 47.6 Å². The standard InChI is InChI=1S/C9H12N6.C8H10O/c1-5-7-4-6(9(12-10)13-11)2-3-8(7)15-14-5;1-7-5-3-4-6-8(7)9-2/h2-4H,10-11H2,1H3,(H,12,13)(H,14,15);3-6H,1-2H3. The lowest BCUT2D eigenvalue weighted by atomic mass is 10.1. The highest BCUT2D eigenvalue weighted by atomic mass is 16.5. The van der Waals surface area contributed by atoms with Crippen molar-refractivity contribution in [2.75, 3.05) is 7.11 Å². The SMILES string of the molecule is COc1ccccc1C.Cc1[nH]nc2ccc(/C(=N/N)NN)cc12. The van der Waals surface area contributed by atoms with Gasteiger partial charge in [0.15, 0.2) is 5.84 Å². The molecule has 0 unspecified atom stereocenters. The second kappa shape index (κ2) is 7.98. The van der Waals surface area contributed by atoms with E-state index in [4.69, 9.17) is 16.4 Å². The number of hydrogen-bond acceptors (Lipinski definition) is 5. The molecule has 0 bridgehead atoms. The van der Waals surface area contributed by atoms with E-state index in [-0.39, 0.29) is 0 Å². The van der Waals surface area contributed by atoms with Gasteiger partial charge in [0.25, 0.3) is 0 Å². The quantitative estimate of drug-likeness (QED) is 0.249. The highest BCUT2D eigenvalue weighted by molar-refractivity contribution is 6.01. The number of fused-ring (bicyclic) bond motifs is 1. The third-order valence-corrected chi connectivity index (χ3v) is 3.60. The number of ether oxygens (including phenoxy) is 1. The molecule has 1 aromatic heterocycles. The van der Waals surface area contributed by atoms with Gasteiger partial charge in [-0.2, -0.15) is 10.2 Å². The van der Waals surface area contributed by atoms with Crippen molar-refractivity contribution in [3.63, 3.8) is 0 Å². The van der Waals surface area contributed by atoms with Crippen molar-refractivity contribution in [2.45, 2.75) is 13.8 Å². The number of hydrogen-bond donors (Lipinski definition) is 4. The first-order chi connectivity index (χ1) is 11.6. The molecule has 0 fully saturated rings. The van der Waals surface area contributed by atoms with Gasteiger partial charge in [-0.15, -0.1) is 0 Å². The molecule has 0 aliphatic heterocycles. The summed E-state index contributed by atoms with van der Waals surface area (Å²) >= 11 is 0. The van der Waals surface area contributed by atoms with Gasteiger partial charge in [0.2, 0.25) is 0 Å². The lowest BCUT2D eigenvalue weighted by Crippen LogP contribution is -2.31. The first-order valence-electron chi connectivity index (χ1n) is 7.40. The topological polar surface area (TPSA) is 114 Å². The molecule has 0 saturated heterocycles. The number of para-hydroxylation sites is 1. The Labute approximate surface area is 140 Å². The van der Waals surface area contributed by atoms with Crippen LogP contribution in [0, 0.1) is 13.8 Å². The number of hydrazone groups is 1. The van der Waals surface area contributed by atoms with Crippen LogP contribution in [-0.2, 0) is 0 Å². The fraction of sp³-hybridized carbons (Fsp3) is 0.176. The molecule has 1 heterocycles. The molecule has 0 amide bonds. The van der Waals surface area contributed by atoms with E-state index in [0.29, 0.717) is 5.84 Å². The van der Waals surface area contributed by atoms with Gasteiger partial charge in [-0.1, -0.05) is 18.2 Å². The minimum atomic E-state index is 0.442. The molecule has 0 atom stereocenters. The molecule has 0 saturated carbocycles. The molecule has 24 heavy (non-hydrogen) atoms. The third kappa shape index (κ3) is 3.82. The molecule has 0 spiro atoms. The van der Waals surface area contributed by atoms with E-state index in [2.05, 4.69) is 20.7 Å². The van der Waals surface area contributed by atoms with Crippen molar-refractivity contribution >= 4 is 16.7 Å². The molecule has 2 aromatic carbocycles. The first-order valence-corrected chi connectivity index (χ1v) is 7.40. The van der Waals surface area contributed by atoms with Crippen LogP contribution in [0.3, 0.4) is 0 Å². The van der Waals surface area contributed by atoms with Crippen LogP contribution in [0.25, 0.3) is 10.9 Å². The van der Waals surface area contributed by atoms with E-state index >= 15 is 0 Å². The summed E-state index contributed by atoms with van der Waals surface area (Å²) in [5.41, 5.74) is 6.36. The van der Waals surface area contributed by atoms with Crippen molar-refractivity contribution in [1.29, 1.82) is 0 Å². The summed E-state index contributed by atoms with van der Waals surface area (Å²) in [6, 6.07) is 13.6. The largest absolute Gasteiger partial charge is 0.496 e. The first kappa shape index (κ1) is 17.3. The number of hydrazine groups is 1. The zero-order chi connectivity index (χ0) is 17.5. The predicted molar refractivity (Wildman–Crippen MR) is 96.6 cm³/mol. The van der Waals surface area contributed by atoms with Gasteiger partial charge < -0.3 is 16.0 Å². The number of aromatic amines is 1. The maximum absolute atomic E-state index is 5.29. The van der Waals surface area contributed by atoms with Gasteiger partial charge >= 0.3 is 0 Å². The fourth-order valence-corrected chi connectivity index (χ4v) is 2.27. The van der Waals surface area contributed by atoms with Crippen LogP contribution in [0.1, 0.15) is 16.8 Å². The highest BCUT2D eigenvalue weighted by Gasteiger charge is 2.06. The number of methoxy groups -OCH3 is 1. The summed E-state index contributed by atoms with van der Waals surface area (Å²) < 4.78 is 5.04. The van der Waals surface area contributed by atoms with Crippen LogP contribution in [0.5, 0.6) is 5.75 Å². The van der Waals surface area contributed by atoms with Crippen LogP contribution in [0.4, 0.5) is 0 Å². The Balaban J connectivity index is 0.000000198. The Hall–Kier alpha value is -3.06. The number of nitrogens with one attached hydrogen (secondary N) is 2. The summed E-state index contributed by atoms with van der Waals surface area (Å²) in [7, 11) is 1.68. The lowest BCUT2D eigenvalue weighted by molar-refractivity contribution is 0.411. The summed E-state index contributed by atoms with van der Waals surface area (Å²) in [5, 5.41) is 11.6. The van der Waals surface area contributed by atoms with Crippen LogP contribution < -0.4 is 21.8 Å². The molecule has 7 nitrogen and oxygen atoms in total. The summed E-state index contributed by atoms with van der Waals surface area (Å²) in [6.07, 6.45) is 0. The molecule has 7 heteroatoms. The van der Waals surface area contributed by atoms with Crippen LogP contribution in [-0.4, -0.2) is 23.1 Å². The van der Waals surface area contributed by atoms with Crippen molar-refractivity contribution in [3.05, 3.63) is 59.3 Å². The summed E-state index contributed by atoms with van der Waals surface area (Å²) in [5.74, 6) is 11.9. The van der Waals surface area contributed by atoms with E-state index in [1.54, 1.807) is 7.11 Å². The van der Waals surface area contributed by atoms with Crippen molar-refractivity contribution in [1.82, 2.24) is 15.6 Å². The molecule has 0 aliphatic carbocycles. The van der Waals surface area contributed by atoms with E-state index in [1.807, 2.05) is 56.3 Å².